The van der Waals surface area contributed by atoms with E-state index in [1.165, 1.54) is 0 Å². The lowest BCUT2D eigenvalue weighted by atomic mass is 10.4. The third-order valence-electron chi connectivity index (χ3n) is 1.38. The molecule has 1 unspecified atom stereocenters. The predicted octanol–water partition coefficient (Wildman–Crippen LogP) is 2.52. The quantitative estimate of drug-likeness (QED) is 0.606. The zero-order valence-electron chi connectivity index (χ0n) is 6.13. The first-order chi connectivity index (χ1) is 5.22. The molecule has 0 amide bonds. The highest BCUT2D eigenvalue weighted by atomic mass is 32.2. The van der Waals surface area contributed by atoms with Crippen LogP contribution in [-0.2, 0) is 10.9 Å². The first-order valence-corrected chi connectivity index (χ1v) is 4.89. The smallest absolute Gasteiger partial charge is 0.156 e. The standard InChI is InChI=1S/C8H9F2S/c1-11(8(9)10)7-5-3-2-4-6-7/h2-6,8H,1H3/q+1. The lowest BCUT2D eigenvalue weighted by molar-refractivity contribution is 0.248. The van der Waals surface area contributed by atoms with Crippen LogP contribution < -0.4 is 0 Å². The summed E-state index contributed by atoms with van der Waals surface area (Å²) in [5.74, 6) is -2.24. The van der Waals surface area contributed by atoms with E-state index >= 15 is 0 Å². The van der Waals surface area contributed by atoms with E-state index in [4.69, 9.17) is 0 Å². The molecule has 0 saturated heterocycles. The molecule has 0 aliphatic rings. The molecule has 0 bridgehead atoms. The van der Waals surface area contributed by atoms with Gasteiger partial charge >= 0.3 is 5.76 Å². The van der Waals surface area contributed by atoms with Gasteiger partial charge in [0.05, 0.1) is 10.9 Å². The molecule has 0 nitrogen and oxygen atoms in total. The second-order valence-corrected chi connectivity index (χ2v) is 4.07. The fourth-order valence-corrected chi connectivity index (χ4v) is 1.53. The Balaban J connectivity index is 2.77. The van der Waals surface area contributed by atoms with E-state index in [-0.39, 0.29) is 0 Å². The summed E-state index contributed by atoms with van der Waals surface area (Å²) < 4.78 is 24.3. The molecule has 0 aliphatic carbocycles. The van der Waals surface area contributed by atoms with Crippen molar-refractivity contribution in [2.75, 3.05) is 6.26 Å². The Morgan fingerprint density at radius 2 is 1.73 bits per heavy atom. The van der Waals surface area contributed by atoms with Crippen molar-refractivity contribution in [3.63, 3.8) is 0 Å². The van der Waals surface area contributed by atoms with Gasteiger partial charge in [0.15, 0.2) is 4.90 Å². The summed E-state index contributed by atoms with van der Waals surface area (Å²) >= 11 is 0. The molecule has 11 heavy (non-hydrogen) atoms. The van der Waals surface area contributed by atoms with Crippen LogP contribution in [-0.4, -0.2) is 12.0 Å². The van der Waals surface area contributed by atoms with Crippen LogP contribution in [0.15, 0.2) is 35.2 Å². The molecular formula is C8H9F2S+. The van der Waals surface area contributed by atoms with E-state index in [9.17, 15) is 8.78 Å². The lowest BCUT2D eigenvalue weighted by Crippen LogP contribution is -2.09. The highest BCUT2D eigenvalue weighted by molar-refractivity contribution is 7.96. The van der Waals surface area contributed by atoms with E-state index in [0.29, 0.717) is 0 Å². The Labute approximate surface area is 67.6 Å². The molecule has 0 saturated carbocycles. The van der Waals surface area contributed by atoms with Crippen molar-refractivity contribution in [1.29, 1.82) is 0 Å². The number of benzene rings is 1. The van der Waals surface area contributed by atoms with Crippen LogP contribution in [0.2, 0.25) is 0 Å². The number of hydrogen-bond acceptors (Lipinski definition) is 0. The van der Waals surface area contributed by atoms with Gasteiger partial charge in [-0.05, 0) is 12.1 Å². The first-order valence-electron chi connectivity index (χ1n) is 3.20. The second-order valence-electron chi connectivity index (χ2n) is 2.13. The van der Waals surface area contributed by atoms with E-state index in [1.54, 1.807) is 30.5 Å². The van der Waals surface area contributed by atoms with Crippen molar-refractivity contribution in [2.45, 2.75) is 10.7 Å². The van der Waals surface area contributed by atoms with Crippen molar-refractivity contribution < 1.29 is 8.78 Å². The van der Waals surface area contributed by atoms with Gasteiger partial charge in [-0.15, -0.1) is 0 Å². The van der Waals surface area contributed by atoms with E-state index in [1.807, 2.05) is 6.07 Å². The van der Waals surface area contributed by atoms with Crippen LogP contribution in [0.25, 0.3) is 0 Å². The molecule has 60 valence electrons. The van der Waals surface area contributed by atoms with Gasteiger partial charge in [0.2, 0.25) is 0 Å². The summed E-state index contributed by atoms with van der Waals surface area (Å²) in [5, 5.41) is 0. The monoisotopic (exact) mass is 175 g/mol. The maximum absolute atomic E-state index is 12.1. The first kappa shape index (κ1) is 8.53. The van der Waals surface area contributed by atoms with Gasteiger partial charge < -0.3 is 0 Å². The van der Waals surface area contributed by atoms with E-state index < -0.39 is 16.7 Å². The van der Waals surface area contributed by atoms with Crippen LogP contribution in [0.1, 0.15) is 0 Å². The fraction of sp³-hybridized carbons (Fsp3) is 0.250. The summed E-state index contributed by atoms with van der Waals surface area (Å²) in [4.78, 5) is 0.725. The van der Waals surface area contributed by atoms with Gasteiger partial charge in [-0.2, -0.15) is 8.78 Å². The molecule has 0 fully saturated rings. The van der Waals surface area contributed by atoms with Gasteiger partial charge in [-0.1, -0.05) is 18.2 Å². The number of hydrogen-bond donors (Lipinski definition) is 0. The molecule has 0 N–H and O–H groups in total. The molecule has 1 aromatic carbocycles. The molecule has 0 heterocycles. The SMILES string of the molecule is C[S+](c1ccccc1)C(F)F. The fourth-order valence-electron chi connectivity index (χ4n) is 0.738. The minimum atomic E-state index is -2.24. The molecule has 0 spiro atoms. The zero-order valence-corrected chi connectivity index (χ0v) is 6.94. The van der Waals surface area contributed by atoms with E-state index in [2.05, 4.69) is 0 Å². The second kappa shape index (κ2) is 3.72. The lowest BCUT2D eigenvalue weighted by Gasteiger charge is -1.98. The molecule has 1 aromatic rings. The Morgan fingerprint density at radius 1 is 1.18 bits per heavy atom. The van der Waals surface area contributed by atoms with Crippen molar-refractivity contribution in [2.24, 2.45) is 0 Å². The average molecular weight is 175 g/mol. The van der Waals surface area contributed by atoms with Crippen LogP contribution in [0, 0.1) is 0 Å². The summed E-state index contributed by atoms with van der Waals surface area (Å²) in [5.41, 5.74) is 0. The molecule has 1 atom stereocenters. The maximum atomic E-state index is 12.1. The molecular weight excluding hydrogens is 166 g/mol. The van der Waals surface area contributed by atoms with Crippen LogP contribution in [0.5, 0.6) is 0 Å². The number of alkyl halides is 2. The van der Waals surface area contributed by atoms with Crippen LogP contribution >= 0.6 is 0 Å². The normalized spacial score (nSPS) is 13.5. The largest absolute Gasteiger partial charge is 0.404 e. The molecule has 0 aliphatic heterocycles. The highest BCUT2D eigenvalue weighted by Crippen LogP contribution is 2.17. The van der Waals surface area contributed by atoms with Gasteiger partial charge in [-0.3, -0.25) is 0 Å². The van der Waals surface area contributed by atoms with Gasteiger partial charge in [-0.25, -0.2) is 0 Å². The van der Waals surface area contributed by atoms with Crippen molar-refractivity contribution >= 4 is 10.9 Å². The van der Waals surface area contributed by atoms with Crippen molar-refractivity contribution in [3.05, 3.63) is 30.3 Å². The van der Waals surface area contributed by atoms with Crippen LogP contribution in [0.3, 0.4) is 0 Å². The summed E-state index contributed by atoms with van der Waals surface area (Å²) in [6.45, 7) is 0. The van der Waals surface area contributed by atoms with E-state index in [0.717, 1.165) is 4.90 Å². The minimum absolute atomic E-state index is 0.725. The number of rotatable bonds is 2. The topological polar surface area (TPSA) is 0 Å². The Kier molecular flexibility index (Phi) is 2.88. The third kappa shape index (κ3) is 2.19. The predicted molar refractivity (Wildman–Crippen MR) is 44.0 cm³/mol. The molecule has 1 rings (SSSR count). The van der Waals surface area contributed by atoms with Crippen LogP contribution in [0.4, 0.5) is 8.78 Å². The summed E-state index contributed by atoms with van der Waals surface area (Å²) in [6.07, 6.45) is 1.56. The average Bonchev–Trinajstić information content (AvgIpc) is 2.05. The third-order valence-corrected chi connectivity index (χ3v) is 2.93. The Bertz CT molecular complexity index is 211. The van der Waals surface area contributed by atoms with Gasteiger partial charge in [0.25, 0.3) is 0 Å². The van der Waals surface area contributed by atoms with Gasteiger partial charge in [0.1, 0.15) is 6.26 Å². The highest BCUT2D eigenvalue weighted by Gasteiger charge is 2.26. The molecule has 0 aromatic heterocycles. The molecule has 3 heteroatoms. The maximum Gasteiger partial charge on any atom is 0.404 e. The zero-order chi connectivity index (χ0) is 8.27. The number of halogens is 2. The van der Waals surface area contributed by atoms with Crippen molar-refractivity contribution in [3.8, 4) is 0 Å². The Morgan fingerprint density at radius 3 is 2.18 bits per heavy atom. The molecule has 0 radical (unpaired) electrons. The summed E-state index contributed by atoms with van der Waals surface area (Å²) in [6, 6.07) is 8.85. The van der Waals surface area contributed by atoms with Crippen molar-refractivity contribution in [1.82, 2.24) is 0 Å². The minimum Gasteiger partial charge on any atom is -0.156 e. The summed E-state index contributed by atoms with van der Waals surface area (Å²) in [7, 11) is -0.918. The van der Waals surface area contributed by atoms with Gasteiger partial charge in [0, 0.05) is 0 Å². The Hall–Kier alpha value is -0.570.